The Hall–Kier alpha value is -2.06. The first-order chi connectivity index (χ1) is 14.3. The molecule has 7 nitrogen and oxygen atoms in total. The van der Waals surface area contributed by atoms with E-state index in [1.165, 1.54) is 17.3 Å². The molecule has 0 aliphatic carbocycles. The van der Waals surface area contributed by atoms with Crippen LogP contribution in [-0.4, -0.2) is 58.5 Å². The van der Waals surface area contributed by atoms with E-state index in [1.54, 1.807) is 0 Å². The fourth-order valence-corrected chi connectivity index (χ4v) is 4.61. The summed E-state index contributed by atoms with van der Waals surface area (Å²) in [7, 11) is 0. The smallest absolute Gasteiger partial charge is 0.233 e. The first-order valence-electron chi connectivity index (χ1n) is 10.5. The van der Waals surface area contributed by atoms with Gasteiger partial charge in [-0.15, -0.1) is 11.8 Å². The van der Waals surface area contributed by atoms with Gasteiger partial charge in [0, 0.05) is 37.5 Å². The van der Waals surface area contributed by atoms with Gasteiger partial charge in [-0.3, -0.25) is 19.7 Å². The SMILES string of the molecule is CC(C)N(C(=O)CSC1NC(=O)CC(CC(=O)NCCc2ccccc2)N1)C(C)C. The maximum Gasteiger partial charge on any atom is 0.233 e. The summed E-state index contributed by atoms with van der Waals surface area (Å²) in [6.45, 7) is 8.55. The van der Waals surface area contributed by atoms with Crippen LogP contribution in [0.25, 0.3) is 0 Å². The molecule has 0 spiro atoms. The average Bonchev–Trinajstić information content (AvgIpc) is 2.66. The Labute approximate surface area is 183 Å². The third kappa shape index (κ3) is 7.99. The molecular formula is C22H34N4O3S. The van der Waals surface area contributed by atoms with E-state index in [9.17, 15) is 14.4 Å². The summed E-state index contributed by atoms with van der Waals surface area (Å²) in [5, 5.41) is 9.04. The third-order valence-electron chi connectivity index (χ3n) is 4.90. The number of nitrogens with one attached hydrogen (secondary N) is 3. The molecule has 1 aliphatic rings. The summed E-state index contributed by atoms with van der Waals surface area (Å²) in [5.74, 6) is 0.126. The summed E-state index contributed by atoms with van der Waals surface area (Å²) in [5.41, 5.74) is 0.796. The van der Waals surface area contributed by atoms with Crippen LogP contribution in [0.2, 0.25) is 0 Å². The van der Waals surface area contributed by atoms with Crippen LogP contribution in [0.4, 0.5) is 0 Å². The molecule has 3 amide bonds. The molecule has 1 aromatic carbocycles. The highest BCUT2D eigenvalue weighted by Crippen LogP contribution is 2.16. The molecule has 0 radical (unpaired) electrons. The number of rotatable bonds is 10. The maximum absolute atomic E-state index is 12.5. The lowest BCUT2D eigenvalue weighted by molar-refractivity contribution is -0.132. The van der Waals surface area contributed by atoms with Crippen LogP contribution in [0.3, 0.4) is 0 Å². The molecule has 8 heteroatoms. The zero-order valence-electron chi connectivity index (χ0n) is 18.3. The Balaban J connectivity index is 1.76. The van der Waals surface area contributed by atoms with E-state index in [4.69, 9.17) is 0 Å². The minimum atomic E-state index is -0.376. The minimum Gasteiger partial charge on any atom is -0.356 e. The van der Waals surface area contributed by atoms with Crippen molar-refractivity contribution >= 4 is 29.5 Å². The predicted octanol–water partition coefficient (Wildman–Crippen LogP) is 1.88. The fourth-order valence-electron chi connectivity index (χ4n) is 3.65. The Morgan fingerprint density at radius 2 is 1.83 bits per heavy atom. The number of benzene rings is 1. The lowest BCUT2D eigenvalue weighted by Gasteiger charge is -2.33. The molecule has 2 atom stereocenters. The van der Waals surface area contributed by atoms with Crippen LogP contribution in [0, 0.1) is 0 Å². The van der Waals surface area contributed by atoms with E-state index < -0.39 is 0 Å². The summed E-state index contributed by atoms with van der Waals surface area (Å²) < 4.78 is 0. The van der Waals surface area contributed by atoms with Gasteiger partial charge < -0.3 is 15.5 Å². The van der Waals surface area contributed by atoms with Gasteiger partial charge in [0.25, 0.3) is 0 Å². The number of carbonyl (C=O) groups is 3. The number of carbonyl (C=O) groups excluding carboxylic acids is 3. The maximum atomic E-state index is 12.5. The van der Waals surface area contributed by atoms with Gasteiger partial charge in [0.15, 0.2) is 0 Å². The molecule has 2 rings (SSSR count). The average molecular weight is 435 g/mol. The van der Waals surface area contributed by atoms with Crippen LogP contribution < -0.4 is 16.0 Å². The van der Waals surface area contributed by atoms with E-state index in [-0.39, 0.29) is 59.9 Å². The number of hydrogen-bond donors (Lipinski definition) is 3. The van der Waals surface area contributed by atoms with Gasteiger partial charge >= 0.3 is 0 Å². The molecule has 0 saturated carbocycles. The van der Waals surface area contributed by atoms with Crippen molar-refractivity contribution in [3.63, 3.8) is 0 Å². The van der Waals surface area contributed by atoms with Crippen molar-refractivity contribution in [2.24, 2.45) is 0 Å². The van der Waals surface area contributed by atoms with Gasteiger partial charge in [-0.1, -0.05) is 30.3 Å². The summed E-state index contributed by atoms with van der Waals surface area (Å²) in [6, 6.07) is 9.99. The van der Waals surface area contributed by atoms with Crippen molar-refractivity contribution in [3.8, 4) is 0 Å². The number of amides is 3. The molecule has 1 aromatic rings. The van der Waals surface area contributed by atoms with Crippen LogP contribution in [0.5, 0.6) is 0 Å². The van der Waals surface area contributed by atoms with Gasteiger partial charge in [-0.25, -0.2) is 0 Å². The Bertz CT molecular complexity index is 704. The molecule has 1 fully saturated rings. The van der Waals surface area contributed by atoms with Crippen molar-refractivity contribution in [1.29, 1.82) is 0 Å². The molecule has 166 valence electrons. The minimum absolute atomic E-state index is 0.0434. The van der Waals surface area contributed by atoms with Crippen molar-refractivity contribution in [1.82, 2.24) is 20.9 Å². The summed E-state index contributed by atoms with van der Waals surface area (Å²) >= 11 is 1.35. The highest BCUT2D eigenvalue weighted by molar-refractivity contribution is 8.00. The predicted molar refractivity (Wildman–Crippen MR) is 121 cm³/mol. The van der Waals surface area contributed by atoms with Crippen molar-refractivity contribution in [2.75, 3.05) is 12.3 Å². The van der Waals surface area contributed by atoms with E-state index in [2.05, 4.69) is 16.0 Å². The second-order valence-electron chi connectivity index (χ2n) is 8.10. The number of hydrogen-bond acceptors (Lipinski definition) is 5. The first kappa shape index (κ1) is 24.2. The molecule has 1 aliphatic heterocycles. The van der Waals surface area contributed by atoms with E-state index in [0.717, 1.165) is 6.42 Å². The topological polar surface area (TPSA) is 90.5 Å². The lowest BCUT2D eigenvalue weighted by atomic mass is 10.1. The molecule has 3 N–H and O–H groups in total. The van der Waals surface area contributed by atoms with Crippen molar-refractivity contribution in [2.45, 2.75) is 70.6 Å². The molecule has 2 unspecified atom stereocenters. The molecule has 0 bridgehead atoms. The Kier molecular flexibility index (Phi) is 9.65. The second kappa shape index (κ2) is 12.0. The largest absolute Gasteiger partial charge is 0.356 e. The first-order valence-corrected chi connectivity index (χ1v) is 11.6. The quantitative estimate of drug-likeness (QED) is 0.523. The van der Waals surface area contributed by atoms with Gasteiger partial charge in [-0.2, -0.15) is 0 Å². The lowest BCUT2D eigenvalue weighted by Crippen LogP contribution is -2.56. The number of nitrogens with zero attached hydrogens (tertiary/aromatic N) is 1. The van der Waals surface area contributed by atoms with Gasteiger partial charge in [0.05, 0.1) is 5.75 Å². The fraction of sp³-hybridized carbons (Fsp3) is 0.591. The van der Waals surface area contributed by atoms with Crippen molar-refractivity contribution < 1.29 is 14.4 Å². The molecular weight excluding hydrogens is 400 g/mol. The van der Waals surface area contributed by atoms with E-state index >= 15 is 0 Å². The summed E-state index contributed by atoms with van der Waals surface area (Å²) in [6.07, 6.45) is 1.26. The van der Waals surface area contributed by atoms with Gasteiger partial charge in [0.1, 0.15) is 5.50 Å². The standard InChI is InChI=1S/C22H34N4O3S/c1-15(2)26(16(3)4)21(29)14-30-22-24-18(13-20(28)25-22)12-19(27)23-11-10-17-8-6-5-7-9-17/h5-9,15-16,18,22,24H,10-14H2,1-4H3,(H,23,27)(H,25,28). The van der Waals surface area contributed by atoms with Crippen LogP contribution in [0.15, 0.2) is 30.3 Å². The van der Waals surface area contributed by atoms with E-state index in [1.807, 2.05) is 62.9 Å². The second-order valence-corrected chi connectivity index (χ2v) is 9.20. The Morgan fingerprint density at radius 3 is 2.47 bits per heavy atom. The van der Waals surface area contributed by atoms with Crippen LogP contribution in [0.1, 0.15) is 46.1 Å². The molecule has 0 aromatic heterocycles. The monoisotopic (exact) mass is 434 g/mol. The third-order valence-corrected chi connectivity index (χ3v) is 5.90. The Morgan fingerprint density at radius 1 is 1.17 bits per heavy atom. The summed E-state index contributed by atoms with van der Waals surface area (Å²) in [4.78, 5) is 38.7. The van der Waals surface area contributed by atoms with E-state index in [0.29, 0.717) is 6.54 Å². The zero-order valence-corrected chi connectivity index (χ0v) is 19.1. The highest BCUT2D eigenvalue weighted by atomic mass is 32.2. The molecule has 1 saturated heterocycles. The van der Waals surface area contributed by atoms with Crippen LogP contribution in [-0.2, 0) is 20.8 Å². The number of thioether (sulfide) groups is 1. The zero-order chi connectivity index (χ0) is 22.1. The normalized spacial score (nSPS) is 18.9. The van der Waals surface area contributed by atoms with Crippen molar-refractivity contribution in [3.05, 3.63) is 35.9 Å². The highest BCUT2D eigenvalue weighted by Gasteiger charge is 2.29. The van der Waals surface area contributed by atoms with Gasteiger partial charge in [-0.05, 0) is 39.7 Å². The van der Waals surface area contributed by atoms with Crippen LogP contribution >= 0.6 is 11.8 Å². The molecule has 30 heavy (non-hydrogen) atoms. The molecule has 1 heterocycles. The van der Waals surface area contributed by atoms with Gasteiger partial charge in [0.2, 0.25) is 17.7 Å².